The van der Waals surface area contributed by atoms with E-state index in [4.69, 9.17) is 0 Å². The molecule has 1 aromatic rings. The molecule has 1 saturated heterocycles. The number of piperidine rings is 1. The lowest BCUT2D eigenvalue weighted by Gasteiger charge is -2.31. The van der Waals surface area contributed by atoms with E-state index < -0.39 is 15.8 Å². The standard InChI is InChI=1S/C15H23FN2O2S.ClH/c1-11-8-14(16)9-12(2)15(11)21(19,20)18-6-4-13(5-7-18)10-17-3;/h8-9,13,17H,4-7,10H2,1-3H3;1H. The van der Waals surface area contributed by atoms with Crippen LogP contribution in [-0.2, 0) is 10.0 Å². The van der Waals surface area contributed by atoms with Crippen LogP contribution >= 0.6 is 12.4 Å². The fraction of sp³-hybridized carbons (Fsp3) is 0.600. The van der Waals surface area contributed by atoms with Gasteiger partial charge in [0.05, 0.1) is 4.90 Å². The monoisotopic (exact) mass is 350 g/mol. The molecule has 0 radical (unpaired) electrons. The summed E-state index contributed by atoms with van der Waals surface area (Å²) in [5.74, 6) is 0.133. The number of aryl methyl sites for hydroxylation is 2. The molecule has 1 N–H and O–H groups in total. The van der Waals surface area contributed by atoms with Gasteiger partial charge in [-0.2, -0.15) is 4.31 Å². The topological polar surface area (TPSA) is 49.4 Å². The van der Waals surface area contributed by atoms with Crippen molar-refractivity contribution in [2.45, 2.75) is 31.6 Å². The average Bonchev–Trinajstić information content (AvgIpc) is 2.38. The highest BCUT2D eigenvalue weighted by Gasteiger charge is 2.31. The second-order valence-electron chi connectivity index (χ2n) is 5.77. The zero-order chi connectivity index (χ0) is 15.6. The van der Waals surface area contributed by atoms with Gasteiger partial charge in [0, 0.05) is 13.1 Å². The highest BCUT2D eigenvalue weighted by Crippen LogP contribution is 2.28. The minimum atomic E-state index is -3.53. The molecule has 0 aromatic heterocycles. The first-order chi connectivity index (χ1) is 9.86. The average molecular weight is 351 g/mol. The van der Waals surface area contributed by atoms with Crippen LogP contribution in [-0.4, -0.2) is 39.4 Å². The molecule has 2 rings (SSSR count). The Hall–Kier alpha value is -0.690. The van der Waals surface area contributed by atoms with Gasteiger partial charge >= 0.3 is 0 Å². The van der Waals surface area contributed by atoms with E-state index in [1.54, 1.807) is 13.8 Å². The fourth-order valence-electron chi connectivity index (χ4n) is 3.08. The Bertz CT molecular complexity index is 591. The molecule has 0 bridgehead atoms. The summed E-state index contributed by atoms with van der Waals surface area (Å²) in [5.41, 5.74) is 0.953. The number of nitrogens with zero attached hydrogens (tertiary/aromatic N) is 1. The van der Waals surface area contributed by atoms with Gasteiger partial charge in [-0.25, -0.2) is 12.8 Å². The largest absolute Gasteiger partial charge is 0.319 e. The molecule has 1 fully saturated rings. The van der Waals surface area contributed by atoms with Crippen LogP contribution in [0.5, 0.6) is 0 Å². The Balaban J connectivity index is 0.00000242. The maximum Gasteiger partial charge on any atom is 0.243 e. The lowest BCUT2D eigenvalue weighted by Crippen LogP contribution is -2.40. The lowest BCUT2D eigenvalue weighted by atomic mass is 9.98. The molecular weight excluding hydrogens is 327 g/mol. The predicted molar refractivity (Wildman–Crippen MR) is 88.5 cm³/mol. The third-order valence-corrected chi connectivity index (χ3v) is 6.29. The van der Waals surface area contributed by atoms with E-state index in [1.165, 1.54) is 16.4 Å². The zero-order valence-corrected chi connectivity index (χ0v) is 14.9. The van der Waals surface area contributed by atoms with E-state index in [-0.39, 0.29) is 17.3 Å². The quantitative estimate of drug-likeness (QED) is 0.907. The molecule has 22 heavy (non-hydrogen) atoms. The summed E-state index contributed by atoms with van der Waals surface area (Å²) in [7, 11) is -1.62. The van der Waals surface area contributed by atoms with E-state index in [2.05, 4.69) is 5.32 Å². The van der Waals surface area contributed by atoms with Gasteiger partial charge in [0.1, 0.15) is 5.82 Å². The first kappa shape index (κ1) is 19.4. The highest BCUT2D eigenvalue weighted by atomic mass is 35.5. The van der Waals surface area contributed by atoms with Crippen LogP contribution in [0.1, 0.15) is 24.0 Å². The fourth-order valence-corrected chi connectivity index (χ4v) is 4.96. The predicted octanol–water partition coefficient (Wildman–Crippen LogP) is 2.48. The maximum atomic E-state index is 13.4. The highest BCUT2D eigenvalue weighted by molar-refractivity contribution is 7.89. The molecular formula is C15H24ClFN2O2S. The van der Waals surface area contributed by atoms with Gasteiger partial charge < -0.3 is 5.32 Å². The SMILES string of the molecule is CNCC1CCN(S(=O)(=O)c2c(C)cc(F)cc2C)CC1.Cl. The van der Waals surface area contributed by atoms with E-state index >= 15 is 0 Å². The van der Waals surface area contributed by atoms with Gasteiger partial charge in [0.15, 0.2) is 0 Å². The number of sulfonamides is 1. The molecule has 4 nitrogen and oxygen atoms in total. The molecule has 7 heteroatoms. The molecule has 0 spiro atoms. The molecule has 0 atom stereocenters. The van der Waals surface area contributed by atoms with Crippen molar-refractivity contribution in [3.8, 4) is 0 Å². The Morgan fingerprint density at radius 1 is 1.23 bits per heavy atom. The van der Waals surface area contributed by atoms with E-state index in [1.807, 2.05) is 7.05 Å². The van der Waals surface area contributed by atoms with Crippen molar-refractivity contribution in [3.05, 3.63) is 29.1 Å². The number of nitrogens with one attached hydrogen (secondary N) is 1. The Morgan fingerprint density at radius 2 is 1.73 bits per heavy atom. The zero-order valence-electron chi connectivity index (χ0n) is 13.2. The smallest absolute Gasteiger partial charge is 0.243 e. The Morgan fingerprint density at radius 3 is 2.18 bits per heavy atom. The molecule has 1 aromatic carbocycles. The van der Waals surface area contributed by atoms with Crippen molar-refractivity contribution in [3.63, 3.8) is 0 Å². The maximum absolute atomic E-state index is 13.4. The third kappa shape index (κ3) is 3.98. The number of benzene rings is 1. The van der Waals surface area contributed by atoms with Gasteiger partial charge in [-0.15, -0.1) is 12.4 Å². The lowest BCUT2D eigenvalue weighted by molar-refractivity contribution is 0.270. The van der Waals surface area contributed by atoms with Gasteiger partial charge in [-0.3, -0.25) is 0 Å². The number of halogens is 2. The summed E-state index contributed by atoms with van der Waals surface area (Å²) in [6.07, 6.45) is 1.72. The van der Waals surface area contributed by atoms with Gasteiger partial charge in [-0.1, -0.05) is 0 Å². The minimum Gasteiger partial charge on any atom is -0.319 e. The van der Waals surface area contributed by atoms with Crippen LogP contribution in [0.25, 0.3) is 0 Å². The molecule has 126 valence electrons. The van der Waals surface area contributed by atoms with Gasteiger partial charge in [0.25, 0.3) is 0 Å². The van der Waals surface area contributed by atoms with Crippen LogP contribution in [0.4, 0.5) is 4.39 Å². The number of hydrogen-bond donors (Lipinski definition) is 1. The van der Waals surface area contributed by atoms with E-state index in [0.717, 1.165) is 19.4 Å². The number of hydrogen-bond acceptors (Lipinski definition) is 3. The summed E-state index contributed by atoms with van der Waals surface area (Å²) >= 11 is 0. The minimum absolute atomic E-state index is 0. The van der Waals surface area contributed by atoms with Crippen molar-refractivity contribution >= 4 is 22.4 Å². The molecule has 1 aliphatic rings. The van der Waals surface area contributed by atoms with Crippen molar-refractivity contribution in [1.82, 2.24) is 9.62 Å². The summed E-state index contributed by atoms with van der Waals surface area (Å²) < 4.78 is 40.5. The van der Waals surface area contributed by atoms with Crippen molar-refractivity contribution in [2.75, 3.05) is 26.7 Å². The van der Waals surface area contributed by atoms with Crippen molar-refractivity contribution < 1.29 is 12.8 Å². The number of rotatable bonds is 4. The first-order valence-electron chi connectivity index (χ1n) is 7.27. The van der Waals surface area contributed by atoms with E-state index in [9.17, 15) is 12.8 Å². The van der Waals surface area contributed by atoms with Gasteiger partial charge in [-0.05, 0) is 69.5 Å². The van der Waals surface area contributed by atoms with Crippen LogP contribution in [0.15, 0.2) is 17.0 Å². The van der Waals surface area contributed by atoms with Crippen LogP contribution in [0, 0.1) is 25.6 Å². The Kier molecular flexibility index (Phi) is 6.80. The van der Waals surface area contributed by atoms with Gasteiger partial charge in [0.2, 0.25) is 10.0 Å². The van der Waals surface area contributed by atoms with E-state index in [0.29, 0.717) is 30.1 Å². The summed E-state index contributed by atoms with van der Waals surface area (Å²) in [6.45, 7) is 5.28. The second-order valence-corrected chi connectivity index (χ2v) is 7.65. The van der Waals surface area contributed by atoms with Crippen LogP contribution < -0.4 is 5.32 Å². The summed E-state index contributed by atoms with van der Waals surface area (Å²) in [4.78, 5) is 0.260. The molecule has 1 aliphatic heterocycles. The van der Waals surface area contributed by atoms with Crippen LogP contribution in [0.2, 0.25) is 0 Å². The molecule has 0 amide bonds. The molecule has 0 unspecified atom stereocenters. The molecule has 0 saturated carbocycles. The van der Waals surface area contributed by atoms with Crippen LogP contribution in [0.3, 0.4) is 0 Å². The normalized spacial score (nSPS) is 17.3. The third-order valence-electron chi connectivity index (χ3n) is 4.09. The summed E-state index contributed by atoms with van der Waals surface area (Å²) in [6, 6.07) is 2.57. The Labute approximate surface area is 138 Å². The van der Waals surface area contributed by atoms with Crippen molar-refractivity contribution in [1.29, 1.82) is 0 Å². The molecule has 0 aliphatic carbocycles. The molecule has 1 heterocycles. The second kappa shape index (κ2) is 7.73. The van der Waals surface area contributed by atoms with Crippen molar-refractivity contribution in [2.24, 2.45) is 5.92 Å². The first-order valence-corrected chi connectivity index (χ1v) is 8.71. The summed E-state index contributed by atoms with van der Waals surface area (Å²) in [5, 5.41) is 3.14.